The van der Waals surface area contributed by atoms with Crippen LogP contribution in [0.15, 0.2) is 6.20 Å². The molecule has 1 rings (SSSR count). The summed E-state index contributed by atoms with van der Waals surface area (Å²) >= 11 is 0. The maximum Gasteiger partial charge on any atom is 0.272 e. The predicted molar refractivity (Wildman–Crippen MR) is 62.5 cm³/mol. The Morgan fingerprint density at radius 3 is 3.00 bits per heavy atom. The molecule has 1 heterocycles. The van der Waals surface area contributed by atoms with Crippen molar-refractivity contribution in [1.29, 1.82) is 0 Å². The van der Waals surface area contributed by atoms with Crippen molar-refractivity contribution in [3.8, 4) is 0 Å². The van der Waals surface area contributed by atoms with E-state index < -0.39 is 6.04 Å². The number of anilines is 1. The number of rotatable bonds is 6. The van der Waals surface area contributed by atoms with E-state index in [1.807, 2.05) is 6.92 Å². The van der Waals surface area contributed by atoms with Crippen LogP contribution in [0.5, 0.6) is 0 Å². The highest BCUT2D eigenvalue weighted by atomic mass is 16.5. The zero-order valence-electron chi connectivity index (χ0n) is 10.0. The van der Waals surface area contributed by atoms with Crippen LogP contribution in [-0.2, 0) is 11.3 Å². The summed E-state index contributed by atoms with van der Waals surface area (Å²) in [6.45, 7) is 2.46. The molecule has 7 heteroatoms. The smallest absolute Gasteiger partial charge is 0.272 e. The Morgan fingerprint density at radius 1 is 1.76 bits per heavy atom. The standard InChI is InChI=1S/C10H18N4O3/c1-3-14-9(8(11)4-12-14)10(16)13-7(5-15)6-17-2/h4,7,15H,3,5-6,11H2,1-2H3,(H,13,16). The molecule has 0 saturated carbocycles. The summed E-state index contributed by atoms with van der Waals surface area (Å²) in [5.41, 5.74) is 6.30. The van der Waals surface area contributed by atoms with Crippen LogP contribution >= 0.6 is 0 Å². The number of ether oxygens (including phenoxy) is 1. The molecule has 1 atom stereocenters. The second-order valence-electron chi connectivity index (χ2n) is 3.57. The number of nitrogens with one attached hydrogen (secondary N) is 1. The summed E-state index contributed by atoms with van der Waals surface area (Å²) in [6, 6.07) is -0.452. The van der Waals surface area contributed by atoms with Gasteiger partial charge in [-0.1, -0.05) is 0 Å². The van der Waals surface area contributed by atoms with E-state index in [1.54, 1.807) is 0 Å². The Bertz CT molecular complexity index is 378. The highest BCUT2D eigenvalue weighted by Gasteiger charge is 2.19. The Morgan fingerprint density at radius 2 is 2.47 bits per heavy atom. The molecule has 1 aromatic rings. The zero-order chi connectivity index (χ0) is 12.8. The van der Waals surface area contributed by atoms with Crippen molar-refractivity contribution >= 4 is 11.6 Å². The van der Waals surface area contributed by atoms with Crippen molar-refractivity contribution in [3.05, 3.63) is 11.9 Å². The third-order valence-electron chi connectivity index (χ3n) is 2.31. The van der Waals surface area contributed by atoms with E-state index in [2.05, 4.69) is 10.4 Å². The van der Waals surface area contributed by atoms with Crippen molar-refractivity contribution < 1.29 is 14.6 Å². The predicted octanol–water partition coefficient (Wildman–Crippen LogP) is -0.778. The largest absolute Gasteiger partial charge is 0.396 e. The highest BCUT2D eigenvalue weighted by molar-refractivity contribution is 5.97. The van der Waals surface area contributed by atoms with Crippen LogP contribution in [0, 0.1) is 0 Å². The number of amides is 1. The first kappa shape index (κ1) is 13.5. The quantitative estimate of drug-likeness (QED) is 0.607. The number of hydrogen-bond donors (Lipinski definition) is 3. The first-order valence-electron chi connectivity index (χ1n) is 5.35. The van der Waals surface area contributed by atoms with Crippen LogP contribution in [0.25, 0.3) is 0 Å². The fourth-order valence-corrected chi connectivity index (χ4v) is 1.48. The van der Waals surface area contributed by atoms with Gasteiger partial charge in [-0.15, -0.1) is 0 Å². The lowest BCUT2D eigenvalue weighted by Crippen LogP contribution is -2.41. The van der Waals surface area contributed by atoms with E-state index in [4.69, 9.17) is 15.6 Å². The fraction of sp³-hybridized carbons (Fsp3) is 0.600. The van der Waals surface area contributed by atoms with Crippen LogP contribution in [0.4, 0.5) is 5.69 Å². The Balaban J connectivity index is 2.78. The minimum atomic E-state index is -0.452. The number of carbonyl (C=O) groups excluding carboxylic acids is 1. The SMILES string of the molecule is CCn1ncc(N)c1C(=O)NC(CO)COC. The number of nitrogens with two attached hydrogens (primary N) is 1. The number of carbonyl (C=O) groups is 1. The molecule has 0 fully saturated rings. The molecule has 0 saturated heterocycles. The number of aliphatic hydroxyl groups excluding tert-OH is 1. The molecule has 1 unspecified atom stereocenters. The highest BCUT2D eigenvalue weighted by Crippen LogP contribution is 2.10. The lowest BCUT2D eigenvalue weighted by molar-refractivity contribution is 0.0830. The second-order valence-corrected chi connectivity index (χ2v) is 3.57. The molecule has 4 N–H and O–H groups in total. The minimum Gasteiger partial charge on any atom is -0.396 e. The van der Waals surface area contributed by atoms with Crippen molar-refractivity contribution in [2.24, 2.45) is 0 Å². The minimum absolute atomic E-state index is 0.195. The molecule has 0 aliphatic heterocycles. The van der Waals surface area contributed by atoms with Crippen LogP contribution in [0.2, 0.25) is 0 Å². The maximum atomic E-state index is 11.9. The molecule has 0 aliphatic rings. The fourth-order valence-electron chi connectivity index (χ4n) is 1.48. The topological polar surface area (TPSA) is 102 Å². The number of methoxy groups -OCH3 is 1. The van der Waals surface area contributed by atoms with E-state index in [0.717, 1.165) is 0 Å². The molecule has 17 heavy (non-hydrogen) atoms. The third kappa shape index (κ3) is 3.18. The average Bonchev–Trinajstić information content (AvgIpc) is 2.69. The molecule has 0 bridgehead atoms. The third-order valence-corrected chi connectivity index (χ3v) is 2.31. The molecule has 1 amide bonds. The molecule has 0 aromatic carbocycles. The maximum absolute atomic E-state index is 11.9. The van der Waals surface area contributed by atoms with Gasteiger partial charge in [0.05, 0.1) is 31.1 Å². The van der Waals surface area contributed by atoms with Gasteiger partial charge in [0, 0.05) is 13.7 Å². The Hall–Kier alpha value is -1.60. The van der Waals surface area contributed by atoms with Crippen LogP contribution in [0.3, 0.4) is 0 Å². The lowest BCUT2D eigenvalue weighted by Gasteiger charge is -2.15. The van der Waals surface area contributed by atoms with Gasteiger partial charge in [-0.25, -0.2) is 0 Å². The van der Waals surface area contributed by atoms with Gasteiger partial charge in [-0.05, 0) is 6.92 Å². The van der Waals surface area contributed by atoms with Gasteiger partial charge in [-0.2, -0.15) is 5.10 Å². The summed E-state index contributed by atoms with van der Waals surface area (Å²) < 4.78 is 6.38. The molecule has 1 aromatic heterocycles. The molecule has 7 nitrogen and oxygen atoms in total. The molecule has 0 spiro atoms. The molecule has 0 aliphatic carbocycles. The normalized spacial score (nSPS) is 12.4. The number of aryl methyl sites for hydroxylation is 1. The Labute approximate surface area is 99.6 Å². The molecule has 96 valence electrons. The van der Waals surface area contributed by atoms with Crippen molar-refractivity contribution in [1.82, 2.24) is 15.1 Å². The Kier molecular flexibility index (Phi) is 4.92. The molecular weight excluding hydrogens is 224 g/mol. The van der Waals surface area contributed by atoms with E-state index in [0.29, 0.717) is 17.9 Å². The first-order valence-corrected chi connectivity index (χ1v) is 5.35. The first-order chi connectivity index (χ1) is 8.13. The number of nitrogens with zero attached hydrogens (tertiary/aromatic N) is 2. The van der Waals surface area contributed by atoms with E-state index in [1.165, 1.54) is 18.0 Å². The number of aliphatic hydroxyl groups is 1. The van der Waals surface area contributed by atoms with Gasteiger partial charge in [0.25, 0.3) is 5.91 Å². The average molecular weight is 242 g/mol. The van der Waals surface area contributed by atoms with E-state index >= 15 is 0 Å². The van der Waals surface area contributed by atoms with Crippen LogP contribution < -0.4 is 11.1 Å². The number of nitrogen functional groups attached to an aromatic ring is 1. The summed E-state index contributed by atoms with van der Waals surface area (Å²) in [4.78, 5) is 11.9. The van der Waals surface area contributed by atoms with Gasteiger partial charge in [0.15, 0.2) is 0 Å². The monoisotopic (exact) mass is 242 g/mol. The van der Waals surface area contributed by atoms with Crippen LogP contribution in [0.1, 0.15) is 17.4 Å². The van der Waals surface area contributed by atoms with E-state index in [9.17, 15) is 4.79 Å². The summed E-state index contributed by atoms with van der Waals surface area (Å²) in [7, 11) is 1.50. The lowest BCUT2D eigenvalue weighted by atomic mass is 10.3. The van der Waals surface area contributed by atoms with Gasteiger partial charge >= 0.3 is 0 Å². The summed E-state index contributed by atoms with van der Waals surface area (Å²) in [5.74, 6) is -0.363. The van der Waals surface area contributed by atoms with Crippen molar-refractivity contribution in [3.63, 3.8) is 0 Å². The van der Waals surface area contributed by atoms with Gasteiger partial charge in [0.1, 0.15) is 5.69 Å². The van der Waals surface area contributed by atoms with Gasteiger partial charge in [0.2, 0.25) is 0 Å². The molecular formula is C10H18N4O3. The summed E-state index contributed by atoms with van der Waals surface area (Å²) in [6.07, 6.45) is 1.43. The molecule has 0 radical (unpaired) electrons. The summed E-state index contributed by atoms with van der Waals surface area (Å²) in [5, 5.41) is 15.7. The van der Waals surface area contributed by atoms with Crippen LogP contribution in [-0.4, -0.2) is 47.2 Å². The van der Waals surface area contributed by atoms with Gasteiger partial charge < -0.3 is 20.9 Å². The van der Waals surface area contributed by atoms with Crippen molar-refractivity contribution in [2.75, 3.05) is 26.1 Å². The van der Waals surface area contributed by atoms with Gasteiger partial charge in [-0.3, -0.25) is 9.48 Å². The van der Waals surface area contributed by atoms with Crippen molar-refractivity contribution in [2.45, 2.75) is 19.5 Å². The second kappa shape index (κ2) is 6.21. The number of hydrogen-bond acceptors (Lipinski definition) is 5. The van der Waals surface area contributed by atoms with E-state index in [-0.39, 0.29) is 19.1 Å². The zero-order valence-corrected chi connectivity index (χ0v) is 10.0. The number of aromatic nitrogens is 2.